The largest absolute Gasteiger partial charge is 0.311 e. The van der Waals surface area contributed by atoms with Crippen molar-refractivity contribution >= 4 is 21.4 Å². The summed E-state index contributed by atoms with van der Waals surface area (Å²) in [6.45, 7) is 0.865. The van der Waals surface area contributed by atoms with Crippen LogP contribution in [0.4, 0.5) is 11.4 Å². The zero-order valence-corrected chi connectivity index (χ0v) is 16.3. The highest BCUT2D eigenvalue weighted by molar-refractivity contribution is 7.92. The van der Waals surface area contributed by atoms with Gasteiger partial charge < -0.3 is 4.57 Å². The first kappa shape index (κ1) is 19.1. The quantitative estimate of drug-likeness (QED) is 0.506. The minimum Gasteiger partial charge on any atom is -0.311 e. The number of sulfonamides is 1. The molecule has 150 valence electrons. The fourth-order valence-electron chi connectivity index (χ4n) is 3.43. The Morgan fingerprint density at radius 3 is 2.52 bits per heavy atom. The Bertz CT molecular complexity index is 1160. The van der Waals surface area contributed by atoms with E-state index in [0.29, 0.717) is 5.69 Å². The number of nitro groups is 1. The summed E-state index contributed by atoms with van der Waals surface area (Å²) in [7, 11) is -4.10. The highest BCUT2D eigenvalue weighted by Crippen LogP contribution is 2.27. The van der Waals surface area contributed by atoms with Gasteiger partial charge in [0.2, 0.25) is 0 Å². The van der Waals surface area contributed by atoms with E-state index < -0.39 is 20.6 Å². The molecule has 10 heteroatoms. The molecule has 0 aliphatic carbocycles. The van der Waals surface area contributed by atoms with Gasteiger partial charge in [-0.15, -0.1) is 10.2 Å². The summed E-state index contributed by atoms with van der Waals surface area (Å²) < 4.78 is 29.8. The van der Waals surface area contributed by atoms with Gasteiger partial charge in [0.15, 0.2) is 10.7 Å². The first-order valence-electron chi connectivity index (χ1n) is 9.24. The van der Waals surface area contributed by atoms with Gasteiger partial charge >= 0.3 is 0 Å². The number of para-hydroxylation sites is 1. The maximum absolute atomic E-state index is 12.6. The van der Waals surface area contributed by atoms with E-state index in [1.165, 1.54) is 18.2 Å². The average molecular weight is 413 g/mol. The third-order valence-corrected chi connectivity index (χ3v) is 6.28. The number of hydrogen-bond acceptors (Lipinski definition) is 6. The van der Waals surface area contributed by atoms with Gasteiger partial charge in [-0.25, -0.2) is 8.42 Å². The minimum atomic E-state index is -4.10. The van der Waals surface area contributed by atoms with Crippen LogP contribution in [0, 0.1) is 10.1 Å². The second kappa shape index (κ2) is 7.63. The molecule has 0 spiro atoms. The fraction of sp³-hybridized carbons (Fsp3) is 0.263. The van der Waals surface area contributed by atoms with Crippen molar-refractivity contribution in [1.29, 1.82) is 0 Å². The number of anilines is 1. The molecule has 0 amide bonds. The maximum Gasteiger partial charge on any atom is 0.289 e. The number of nitrogens with one attached hydrogen (secondary N) is 1. The standard InChI is InChI=1S/C19H19N5O4S/c25-24(26)16-6-3-4-7-17(16)29(27,28)22-15-11-9-14(10-12-15)19-21-20-18-8-2-1-5-13-23(18)19/h3-4,6-7,9-12,22H,1-2,5,8,13H2. The molecule has 29 heavy (non-hydrogen) atoms. The number of rotatable bonds is 5. The van der Waals surface area contributed by atoms with Crippen LogP contribution in [-0.2, 0) is 23.0 Å². The van der Waals surface area contributed by atoms with E-state index in [1.807, 2.05) is 0 Å². The maximum atomic E-state index is 12.6. The van der Waals surface area contributed by atoms with Crippen LogP contribution in [0.5, 0.6) is 0 Å². The van der Waals surface area contributed by atoms with Crippen LogP contribution < -0.4 is 4.72 Å². The zero-order valence-electron chi connectivity index (χ0n) is 15.5. The van der Waals surface area contributed by atoms with Gasteiger partial charge in [0.05, 0.1) is 4.92 Å². The Labute approximate surface area is 167 Å². The van der Waals surface area contributed by atoms with Crippen LogP contribution in [0.1, 0.15) is 25.1 Å². The van der Waals surface area contributed by atoms with Crippen LogP contribution in [0.2, 0.25) is 0 Å². The number of nitrogens with zero attached hydrogens (tertiary/aromatic N) is 4. The molecule has 1 aliphatic heterocycles. The van der Waals surface area contributed by atoms with Crippen LogP contribution in [0.15, 0.2) is 53.4 Å². The Morgan fingerprint density at radius 2 is 1.76 bits per heavy atom. The van der Waals surface area contributed by atoms with E-state index >= 15 is 0 Å². The summed E-state index contributed by atoms with van der Waals surface area (Å²) in [5.74, 6) is 1.73. The van der Waals surface area contributed by atoms with Gasteiger partial charge in [0.25, 0.3) is 15.7 Å². The molecule has 2 heterocycles. The van der Waals surface area contributed by atoms with Gasteiger partial charge in [-0.1, -0.05) is 18.6 Å². The molecule has 0 radical (unpaired) electrons. The predicted molar refractivity (Wildman–Crippen MR) is 107 cm³/mol. The van der Waals surface area contributed by atoms with Gasteiger partial charge in [0.1, 0.15) is 5.82 Å². The smallest absolute Gasteiger partial charge is 0.289 e. The average Bonchev–Trinajstić information content (AvgIpc) is 2.96. The minimum absolute atomic E-state index is 0.308. The van der Waals surface area contributed by atoms with Crippen LogP contribution in [-0.4, -0.2) is 28.1 Å². The number of hydrogen-bond donors (Lipinski definition) is 1. The molecule has 1 N–H and O–H groups in total. The number of nitro benzene ring substituents is 1. The molecule has 1 aliphatic rings. The molecular formula is C19H19N5O4S. The van der Waals surface area contributed by atoms with Crippen molar-refractivity contribution in [2.45, 2.75) is 37.1 Å². The van der Waals surface area contributed by atoms with E-state index in [1.54, 1.807) is 24.3 Å². The summed E-state index contributed by atoms with van der Waals surface area (Å²) in [6.07, 6.45) is 4.24. The molecule has 9 nitrogen and oxygen atoms in total. The van der Waals surface area contributed by atoms with E-state index in [9.17, 15) is 18.5 Å². The molecule has 0 unspecified atom stereocenters. The van der Waals surface area contributed by atoms with Crippen LogP contribution in [0.3, 0.4) is 0 Å². The first-order chi connectivity index (χ1) is 14.0. The summed E-state index contributed by atoms with van der Waals surface area (Å²) in [5.41, 5.74) is 0.671. The van der Waals surface area contributed by atoms with E-state index in [2.05, 4.69) is 19.5 Å². The SMILES string of the molecule is O=[N+]([O-])c1ccccc1S(=O)(=O)Nc1ccc(-c2nnc3n2CCCCC3)cc1. The summed E-state index contributed by atoms with van der Waals surface area (Å²) in [5, 5.41) is 19.7. The first-order valence-corrected chi connectivity index (χ1v) is 10.7. The number of aromatic nitrogens is 3. The van der Waals surface area contributed by atoms with Gasteiger partial charge in [0, 0.05) is 30.3 Å². The van der Waals surface area contributed by atoms with Gasteiger partial charge in [-0.2, -0.15) is 0 Å². The lowest BCUT2D eigenvalue weighted by Gasteiger charge is -2.10. The number of aryl methyl sites for hydroxylation is 1. The Balaban J connectivity index is 1.60. The fourth-order valence-corrected chi connectivity index (χ4v) is 4.66. The molecule has 0 atom stereocenters. The van der Waals surface area contributed by atoms with Crippen molar-refractivity contribution in [3.8, 4) is 11.4 Å². The molecule has 0 bridgehead atoms. The predicted octanol–water partition coefficient (Wildman–Crippen LogP) is 3.38. The van der Waals surface area contributed by atoms with E-state index in [0.717, 1.165) is 55.5 Å². The van der Waals surface area contributed by atoms with Crippen LogP contribution in [0.25, 0.3) is 11.4 Å². The molecule has 0 saturated heterocycles. The lowest BCUT2D eigenvalue weighted by molar-refractivity contribution is -0.387. The van der Waals surface area contributed by atoms with Crippen molar-refractivity contribution < 1.29 is 13.3 Å². The molecule has 3 aromatic rings. The molecular weight excluding hydrogens is 394 g/mol. The van der Waals surface area contributed by atoms with Crippen molar-refractivity contribution in [3.63, 3.8) is 0 Å². The van der Waals surface area contributed by atoms with Gasteiger partial charge in [-0.3, -0.25) is 14.8 Å². The second-order valence-electron chi connectivity index (χ2n) is 6.81. The van der Waals surface area contributed by atoms with E-state index in [4.69, 9.17) is 0 Å². The van der Waals surface area contributed by atoms with Crippen molar-refractivity contribution in [1.82, 2.24) is 14.8 Å². The third kappa shape index (κ3) is 3.83. The molecule has 2 aromatic carbocycles. The molecule has 1 aromatic heterocycles. The Morgan fingerprint density at radius 1 is 1.00 bits per heavy atom. The second-order valence-corrected chi connectivity index (χ2v) is 8.46. The lowest BCUT2D eigenvalue weighted by Crippen LogP contribution is -2.14. The van der Waals surface area contributed by atoms with Gasteiger partial charge in [-0.05, 0) is 43.2 Å². The number of fused-ring (bicyclic) bond motifs is 1. The third-order valence-electron chi connectivity index (χ3n) is 4.86. The Hall–Kier alpha value is -3.27. The molecule has 4 rings (SSSR count). The molecule has 0 fully saturated rings. The zero-order chi connectivity index (χ0) is 20.4. The highest BCUT2D eigenvalue weighted by atomic mass is 32.2. The monoisotopic (exact) mass is 413 g/mol. The topological polar surface area (TPSA) is 120 Å². The normalized spacial score (nSPS) is 14.1. The lowest BCUT2D eigenvalue weighted by atomic mass is 10.2. The van der Waals surface area contributed by atoms with Crippen molar-refractivity contribution in [2.24, 2.45) is 0 Å². The summed E-state index contributed by atoms with van der Waals surface area (Å²) in [6, 6.07) is 12.0. The van der Waals surface area contributed by atoms with E-state index in [-0.39, 0.29) is 4.90 Å². The highest BCUT2D eigenvalue weighted by Gasteiger charge is 2.25. The van der Waals surface area contributed by atoms with Crippen molar-refractivity contribution in [2.75, 3.05) is 4.72 Å². The van der Waals surface area contributed by atoms with Crippen molar-refractivity contribution in [3.05, 3.63) is 64.5 Å². The molecule has 0 saturated carbocycles. The van der Waals surface area contributed by atoms with Crippen LogP contribution >= 0.6 is 0 Å². The summed E-state index contributed by atoms with van der Waals surface area (Å²) >= 11 is 0. The summed E-state index contributed by atoms with van der Waals surface area (Å²) in [4.78, 5) is 10.0. The number of benzene rings is 2. The Kier molecular flexibility index (Phi) is 5.01.